The van der Waals surface area contributed by atoms with Crippen molar-refractivity contribution in [2.75, 3.05) is 44.8 Å². The maximum Gasteiger partial charge on any atom is 0.250 e. The van der Waals surface area contributed by atoms with Gasteiger partial charge < -0.3 is 24.4 Å². The average molecular weight is 557 g/mol. The molecule has 9 heteroatoms. The van der Waals surface area contributed by atoms with Gasteiger partial charge in [0.25, 0.3) is 0 Å². The van der Waals surface area contributed by atoms with Crippen LogP contribution in [0.3, 0.4) is 0 Å². The number of nitrogens with one attached hydrogen (secondary N) is 1. The predicted molar refractivity (Wildman–Crippen MR) is 153 cm³/mol. The Balaban J connectivity index is 1.17. The predicted octanol–water partition coefficient (Wildman–Crippen LogP) is 5.92. The van der Waals surface area contributed by atoms with Gasteiger partial charge in [-0.2, -0.15) is 0 Å². The molecule has 1 saturated heterocycles. The summed E-state index contributed by atoms with van der Waals surface area (Å²) in [5.74, 6) is 1.49. The highest BCUT2D eigenvalue weighted by atomic mass is 35.5. The molecular formula is C29H33ClN2O5S. The SMILES string of the molecule is C=C(S/C=C(\C)c1ccc2c(c1)OCCO2)C1CCN(C(=O)COCC(=O)Nc2ccc(Cl)cc2C)CC1. The fraction of sp³-hybridized carbons (Fsp3) is 0.379. The first-order valence-electron chi connectivity index (χ1n) is 12.6. The number of allylic oxidation sites excluding steroid dienone is 2. The van der Waals surface area contributed by atoms with Crippen molar-refractivity contribution in [1.82, 2.24) is 4.90 Å². The van der Waals surface area contributed by atoms with Crippen LogP contribution in [0.1, 0.15) is 30.9 Å². The summed E-state index contributed by atoms with van der Waals surface area (Å²) in [7, 11) is 0. The van der Waals surface area contributed by atoms with Gasteiger partial charge >= 0.3 is 0 Å². The van der Waals surface area contributed by atoms with E-state index in [9.17, 15) is 9.59 Å². The van der Waals surface area contributed by atoms with E-state index < -0.39 is 0 Å². The highest BCUT2D eigenvalue weighted by Crippen LogP contribution is 2.36. The monoisotopic (exact) mass is 556 g/mol. The normalized spacial score (nSPS) is 15.8. The van der Waals surface area contributed by atoms with E-state index in [0.29, 0.717) is 42.9 Å². The van der Waals surface area contributed by atoms with Crippen LogP contribution in [0.2, 0.25) is 5.02 Å². The number of fused-ring (bicyclic) bond motifs is 1. The molecule has 2 aromatic rings. The van der Waals surface area contributed by atoms with E-state index >= 15 is 0 Å². The van der Waals surface area contributed by atoms with E-state index in [2.05, 4.69) is 24.2 Å². The number of halogens is 1. The number of amides is 2. The number of aryl methyl sites for hydroxylation is 1. The molecule has 0 aliphatic carbocycles. The van der Waals surface area contributed by atoms with Crippen LogP contribution in [0.4, 0.5) is 5.69 Å². The highest BCUT2D eigenvalue weighted by Gasteiger charge is 2.24. The van der Waals surface area contributed by atoms with Crippen molar-refractivity contribution in [3.63, 3.8) is 0 Å². The van der Waals surface area contributed by atoms with E-state index in [1.165, 1.54) is 0 Å². The van der Waals surface area contributed by atoms with Gasteiger partial charge in [-0.3, -0.25) is 9.59 Å². The van der Waals surface area contributed by atoms with Crippen LogP contribution in [-0.2, 0) is 14.3 Å². The van der Waals surface area contributed by atoms with Crippen LogP contribution in [0.5, 0.6) is 11.5 Å². The number of piperidine rings is 1. The molecule has 2 amide bonds. The number of carbonyl (C=O) groups excluding carboxylic acids is 2. The zero-order valence-corrected chi connectivity index (χ0v) is 23.3. The van der Waals surface area contributed by atoms with Gasteiger partial charge in [0, 0.05) is 23.8 Å². The number of nitrogens with zero attached hydrogens (tertiary/aromatic N) is 1. The minimum Gasteiger partial charge on any atom is -0.486 e. The second kappa shape index (κ2) is 13.2. The lowest BCUT2D eigenvalue weighted by Gasteiger charge is -2.32. The van der Waals surface area contributed by atoms with E-state index in [-0.39, 0.29) is 25.0 Å². The van der Waals surface area contributed by atoms with Crippen LogP contribution < -0.4 is 14.8 Å². The van der Waals surface area contributed by atoms with E-state index in [1.807, 2.05) is 25.1 Å². The molecule has 2 heterocycles. The first kappa shape index (κ1) is 28.1. The number of hydrogen-bond acceptors (Lipinski definition) is 6. The number of hydrogen-bond donors (Lipinski definition) is 1. The fourth-order valence-electron chi connectivity index (χ4n) is 4.34. The third kappa shape index (κ3) is 7.56. The third-order valence-corrected chi connectivity index (χ3v) is 7.95. The highest BCUT2D eigenvalue weighted by molar-refractivity contribution is 8.06. The Labute approximate surface area is 233 Å². The fourth-order valence-corrected chi connectivity index (χ4v) is 5.46. The standard InChI is InChI=1S/C29H33ClN2O5S/c1-19-14-24(30)5-6-25(19)31-28(33)16-35-17-29(34)32-10-8-22(9-11-32)21(3)38-18-20(2)23-4-7-26-27(15-23)37-13-12-36-26/h4-7,14-15,18,22H,3,8-13,16-17H2,1-2H3,(H,31,33)/b20-18+. The first-order valence-corrected chi connectivity index (χ1v) is 13.9. The molecule has 4 rings (SSSR count). The molecule has 38 heavy (non-hydrogen) atoms. The number of likely N-dealkylation sites (tertiary alicyclic amines) is 1. The van der Waals surface area contributed by atoms with Crippen molar-refractivity contribution in [2.24, 2.45) is 5.92 Å². The summed E-state index contributed by atoms with van der Waals surface area (Å²) in [6.45, 7) is 10.4. The summed E-state index contributed by atoms with van der Waals surface area (Å²) in [5, 5.41) is 5.51. The second-order valence-electron chi connectivity index (χ2n) is 9.40. The van der Waals surface area contributed by atoms with Crippen molar-refractivity contribution < 1.29 is 23.8 Å². The number of rotatable bonds is 9. The Bertz CT molecular complexity index is 1220. The van der Waals surface area contributed by atoms with Crippen LogP contribution in [0, 0.1) is 12.8 Å². The molecule has 0 spiro atoms. The summed E-state index contributed by atoms with van der Waals surface area (Å²) < 4.78 is 16.7. The van der Waals surface area contributed by atoms with Gasteiger partial charge in [0.1, 0.15) is 26.4 Å². The van der Waals surface area contributed by atoms with Gasteiger partial charge in [-0.25, -0.2) is 0 Å². The number of benzene rings is 2. The van der Waals surface area contributed by atoms with Gasteiger partial charge in [-0.1, -0.05) is 24.2 Å². The van der Waals surface area contributed by atoms with Crippen molar-refractivity contribution in [1.29, 1.82) is 0 Å². The molecule has 1 fully saturated rings. The maximum absolute atomic E-state index is 12.6. The quantitative estimate of drug-likeness (QED) is 0.413. The number of ether oxygens (including phenoxy) is 3. The Kier molecular flexibility index (Phi) is 9.77. The largest absolute Gasteiger partial charge is 0.486 e. The Morgan fingerprint density at radius 2 is 1.87 bits per heavy atom. The lowest BCUT2D eigenvalue weighted by atomic mass is 9.97. The maximum atomic E-state index is 12.6. The summed E-state index contributed by atoms with van der Waals surface area (Å²) in [6.07, 6.45) is 1.70. The Hall–Kier alpha value is -2.94. The van der Waals surface area contributed by atoms with Crippen molar-refractivity contribution in [3.8, 4) is 11.5 Å². The van der Waals surface area contributed by atoms with Crippen LogP contribution in [-0.4, -0.2) is 56.2 Å². The lowest BCUT2D eigenvalue weighted by Crippen LogP contribution is -2.40. The van der Waals surface area contributed by atoms with E-state index in [0.717, 1.165) is 45.9 Å². The molecule has 2 aliphatic heterocycles. The summed E-state index contributed by atoms with van der Waals surface area (Å²) in [4.78, 5) is 27.6. The molecule has 0 atom stereocenters. The molecular weight excluding hydrogens is 524 g/mol. The minimum atomic E-state index is -0.310. The molecule has 2 aromatic carbocycles. The van der Waals surface area contributed by atoms with Crippen molar-refractivity contribution in [2.45, 2.75) is 26.7 Å². The van der Waals surface area contributed by atoms with Crippen molar-refractivity contribution >= 4 is 46.4 Å². The zero-order valence-electron chi connectivity index (χ0n) is 21.8. The molecule has 2 aliphatic rings. The van der Waals surface area contributed by atoms with Crippen molar-refractivity contribution in [3.05, 3.63) is 69.4 Å². The van der Waals surface area contributed by atoms with Crippen LogP contribution >= 0.6 is 23.4 Å². The van der Waals surface area contributed by atoms with Crippen LogP contribution in [0.25, 0.3) is 5.57 Å². The van der Waals surface area contributed by atoms with Gasteiger partial charge in [-0.05, 0) is 90.0 Å². The molecule has 202 valence electrons. The molecule has 0 saturated carbocycles. The second-order valence-corrected chi connectivity index (χ2v) is 10.8. The molecule has 0 aromatic heterocycles. The van der Waals surface area contributed by atoms with Gasteiger partial charge in [0.2, 0.25) is 11.8 Å². The Morgan fingerprint density at radius 1 is 1.13 bits per heavy atom. The average Bonchev–Trinajstić information content (AvgIpc) is 2.92. The first-order chi connectivity index (χ1) is 18.3. The molecule has 7 nitrogen and oxygen atoms in total. The van der Waals surface area contributed by atoms with E-state index in [4.69, 9.17) is 25.8 Å². The van der Waals surface area contributed by atoms with Crippen LogP contribution in [0.15, 0.2) is 53.3 Å². The van der Waals surface area contributed by atoms with Gasteiger partial charge in [-0.15, -0.1) is 11.8 Å². The topological polar surface area (TPSA) is 77.1 Å². The molecule has 0 radical (unpaired) electrons. The summed E-state index contributed by atoms with van der Waals surface area (Å²) >= 11 is 7.59. The third-order valence-electron chi connectivity index (χ3n) is 6.61. The molecule has 0 unspecified atom stereocenters. The lowest BCUT2D eigenvalue weighted by molar-refractivity contribution is -0.138. The number of carbonyl (C=O) groups is 2. The summed E-state index contributed by atoms with van der Waals surface area (Å²) in [5.41, 5.74) is 3.75. The van der Waals surface area contributed by atoms with Gasteiger partial charge in [0.05, 0.1) is 0 Å². The van der Waals surface area contributed by atoms with E-state index in [1.54, 1.807) is 34.9 Å². The van der Waals surface area contributed by atoms with Gasteiger partial charge in [0.15, 0.2) is 11.5 Å². The zero-order chi connectivity index (χ0) is 27.1. The summed E-state index contributed by atoms with van der Waals surface area (Å²) in [6, 6.07) is 11.2. The number of thioether (sulfide) groups is 1. The smallest absolute Gasteiger partial charge is 0.250 e. The molecule has 0 bridgehead atoms. The minimum absolute atomic E-state index is 0.105. The molecule has 1 N–H and O–H groups in total. The number of anilines is 1. The Morgan fingerprint density at radius 3 is 2.61 bits per heavy atom.